The topological polar surface area (TPSA) is 49.4 Å². The van der Waals surface area contributed by atoms with E-state index in [9.17, 15) is 8.42 Å². The molecule has 1 unspecified atom stereocenters. The van der Waals surface area contributed by atoms with Crippen LogP contribution in [0.2, 0.25) is 0 Å². The molecule has 1 aromatic carbocycles. The average Bonchev–Trinajstić information content (AvgIpc) is 2.41. The van der Waals surface area contributed by atoms with Crippen LogP contribution < -0.4 is 5.32 Å². The number of aryl methyl sites for hydroxylation is 1. The lowest BCUT2D eigenvalue weighted by molar-refractivity contribution is 0.293. The van der Waals surface area contributed by atoms with Crippen LogP contribution in [-0.4, -0.2) is 38.9 Å². The summed E-state index contributed by atoms with van der Waals surface area (Å²) in [5.74, 6) is 0. The van der Waals surface area contributed by atoms with Crippen molar-refractivity contribution < 1.29 is 8.42 Å². The third-order valence-corrected chi connectivity index (χ3v) is 6.31. The van der Waals surface area contributed by atoms with E-state index in [1.807, 2.05) is 14.0 Å². The highest BCUT2D eigenvalue weighted by Crippen LogP contribution is 2.24. The molecular formula is C13H20BrClN2O2S. The first-order valence-corrected chi connectivity index (χ1v) is 8.62. The molecule has 20 heavy (non-hydrogen) atoms. The zero-order valence-electron chi connectivity index (χ0n) is 11.6. The number of nitrogens with one attached hydrogen (secondary N) is 1. The van der Waals surface area contributed by atoms with Gasteiger partial charge in [0, 0.05) is 23.6 Å². The Morgan fingerprint density at radius 1 is 1.40 bits per heavy atom. The first kappa shape index (κ1) is 17.9. The number of sulfonamides is 1. The third-order valence-electron chi connectivity index (χ3n) is 3.56. The Morgan fingerprint density at radius 2 is 2.10 bits per heavy atom. The van der Waals surface area contributed by atoms with Crippen molar-refractivity contribution in [3.8, 4) is 0 Å². The molecule has 1 saturated heterocycles. The molecule has 7 heteroatoms. The molecule has 1 heterocycles. The van der Waals surface area contributed by atoms with Crippen molar-refractivity contribution in [2.75, 3.05) is 20.1 Å². The second-order valence-electron chi connectivity index (χ2n) is 4.90. The van der Waals surface area contributed by atoms with Crippen LogP contribution in [0.15, 0.2) is 27.6 Å². The lowest BCUT2D eigenvalue weighted by Crippen LogP contribution is -2.46. The summed E-state index contributed by atoms with van der Waals surface area (Å²) in [6, 6.07) is 5.43. The number of nitrogens with zero attached hydrogens (tertiary/aromatic N) is 1. The second kappa shape index (κ2) is 7.22. The number of rotatable bonds is 3. The minimum atomic E-state index is -3.37. The van der Waals surface area contributed by atoms with Gasteiger partial charge in [0.2, 0.25) is 10.0 Å². The minimum Gasteiger partial charge on any atom is -0.316 e. The van der Waals surface area contributed by atoms with Gasteiger partial charge in [-0.3, -0.25) is 0 Å². The number of hydrogen-bond acceptors (Lipinski definition) is 3. The normalized spacial score (nSPS) is 20.4. The van der Waals surface area contributed by atoms with Crippen LogP contribution in [0, 0.1) is 6.92 Å². The maximum absolute atomic E-state index is 12.6. The van der Waals surface area contributed by atoms with Crippen LogP contribution in [0.4, 0.5) is 0 Å². The molecule has 1 N–H and O–H groups in total. The van der Waals surface area contributed by atoms with Gasteiger partial charge in [0.15, 0.2) is 0 Å². The first-order valence-electron chi connectivity index (χ1n) is 6.38. The van der Waals surface area contributed by atoms with Crippen LogP contribution in [-0.2, 0) is 10.0 Å². The summed E-state index contributed by atoms with van der Waals surface area (Å²) < 4.78 is 27.7. The summed E-state index contributed by atoms with van der Waals surface area (Å²) in [7, 11) is -1.49. The highest BCUT2D eigenvalue weighted by Gasteiger charge is 2.29. The highest BCUT2D eigenvalue weighted by molar-refractivity contribution is 9.10. The van der Waals surface area contributed by atoms with Crippen molar-refractivity contribution in [3.05, 3.63) is 28.2 Å². The minimum absolute atomic E-state index is 0. The van der Waals surface area contributed by atoms with Gasteiger partial charge in [0.25, 0.3) is 0 Å². The van der Waals surface area contributed by atoms with Gasteiger partial charge >= 0.3 is 0 Å². The lowest BCUT2D eigenvalue weighted by Gasteiger charge is -2.31. The number of halogens is 2. The Hall–Kier alpha value is -0.140. The number of piperidine rings is 1. The van der Waals surface area contributed by atoms with E-state index in [0.717, 1.165) is 22.9 Å². The summed E-state index contributed by atoms with van der Waals surface area (Å²) in [6.45, 7) is 3.05. The molecular weight excluding hydrogens is 364 g/mol. The molecule has 1 aromatic rings. The van der Waals surface area contributed by atoms with Crippen LogP contribution in [0.3, 0.4) is 0 Å². The van der Waals surface area contributed by atoms with Gasteiger partial charge in [-0.05, 0) is 50.6 Å². The van der Waals surface area contributed by atoms with Crippen molar-refractivity contribution in [1.82, 2.24) is 9.62 Å². The van der Waals surface area contributed by atoms with E-state index in [1.165, 1.54) is 0 Å². The van der Waals surface area contributed by atoms with Crippen molar-refractivity contribution in [2.24, 2.45) is 0 Å². The first-order chi connectivity index (χ1) is 8.95. The molecule has 1 aliphatic heterocycles. The van der Waals surface area contributed by atoms with E-state index in [1.54, 1.807) is 22.5 Å². The van der Waals surface area contributed by atoms with Crippen LogP contribution >= 0.6 is 28.3 Å². The summed E-state index contributed by atoms with van der Waals surface area (Å²) in [4.78, 5) is 0.380. The fourth-order valence-electron chi connectivity index (χ4n) is 2.32. The predicted molar refractivity (Wildman–Crippen MR) is 87.0 cm³/mol. The molecule has 0 aliphatic carbocycles. The van der Waals surface area contributed by atoms with E-state index in [0.29, 0.717) is 18.0 Å². The molecule has 4 nitrogen and oxygen atoms in total. The van der Waals surface area contributed by atoms with E-state index in [2.05, 4.69) is 21.2 Å². The summed E-state index contributed by atoms with van der Waals surface area (Å²) in [5.41, 5.74) is 0.934. The Kier molecular flexibility index (Phi) is 6.47. The fraction of sp³-hybridized carbons (Fsp3) is 0.538. The van der Waals surface area contributed by atoms with Gasteiger partial charge in [-0.15, -0.1) is 12.4 Å². The van der Waals surface area contributed by atoms with Gasteiger partial charge in [-0.25, -0.2) is 8.42 Å². The molecule has 0 radical (unpaired) electrons. The Labute approximate surface area is 135 Å². The van der Waals surface area contributed by atoms with Crippen LogP contribution in [0.1, 0.15) is 18.4 Å². The Balaban J connectivity index is 0.00000200. The molecule has 114 valence electrons. The van der Waals surface area contributed by atoms with Crippen molar-refractivity contribution in [1.29, 1.82) is 0 Å². The number of benzene rings is 1. The van der Waals surface area contributed by atoms with Gasteiger partial charge in [-0.2, -0.15) is 4.31 Å². The van der Waals surface area contributed by atoms with Crippen LogP contribution in [0.5, 0.6) is 0 Å². The molecule has 0 saturated carbocycles. The Morgan fingerprint density at radius 3 is 2.70 bits per heavy atom. The third kappa shape index (κ3) is 3.74. The zero-order valence-corrected chi connectivity index (χ0v) is 14.8. The lowest BCUT2D eigenvalue weighted by atomic mass is 10.1. The number of likely N-dealkylation sites (N-methyl/N-ethyl adjacent to an activating group) is 1. The van der Waals surface area contributed by atoms with Gasteiger partial charge in [0.1, 0.15) is 0 Å². The summed E-state index contributed by atoms with van der Waals surface area (Å²) >= 11 is 3.39. The molecule has 0 spiro atoms. The maximum Gasteiger partial charge on any atom is 0.243 e. The monoisotopic (exact) mass is 382 g/mol. The van der Waals surface area contributed by atoms with E-state index >= 15 is 0 Å². The van der Waals surface area contributed by atoms with Gasteiger partial charge in [-0.1, -0.05) is 15.9 Å². The van der Waals surface area contributed by atoms with E-state index in [-0.39, 0.29) is 18.4 Å². The van der Waals surface area contributed by atoms with Crippen LogP contribution in [0.25, 0.3) is 0 Å². The summed E-state index contributed by atoms with van der Waals surface area (Å²) in [5, 5.41) is 3.16. The number of hydrogen-bond donors (Lipinski definition) is 1. The molecule has 0 aromatic heterocycles. The van der Waals surface area contributed by atoms with Crippen molar-refractivity contribution in [3.63, 3.8) is 0 Å². The van der Waals surface area contributed by atoms with Gasteiger partial charge in [0.05, 0.1) is 4.90 Å². The molecule has 2 rings (SSSR count). The quantitative estimate of drug-likeness (QED) is 0.872. The second-order valence-corrected chi connectivity index (χ2v) is 7.69. The maximum atomic E-state index is 12.6. The standard InChI is InChI=1S/C13H19BrN2O2S.ClH/c1-10-8-12(5-6-13(10)14)19(17,18)16-7-3-4-11(9-16)15-2;/h5-6,8,11,15H,3-4,7,9H2,1-2H3;1H. The highest BCUT2D eigenvalue weighted by atomic mass is 79.9. The Bertz CT molecular complexity index is 565. The van der Waals surface area contributed by atoms with E-state index < -0.39 is 10.0 Å². The predicted octanol–water partition coefficient (Wildman–Crippen LogP) is 2.55. The van der Waals surface area contributed by atoms with Gasteiger partial charge < -0.3 is 5.32 Å². The zero-order chi connectivity index (χ0) is 14.0. The van der Waals surface area contributed by atoms with E-state index in [4.69, 9.17) is 0 Å². The molecule has 0 amide bonds. The van der Waals surface area contributed by atoms with Crippen molar-refractivity contribution >= 4 is 38.4 Å². The van der Waals surface area contributed by atoms with Crippen molar-refractivity contribution in [2.45, 2.75) is 30.7 Å². The average molecular weight is 384 g/mol. The largest absolute Gasteiger partial charge is 0.316 e. The fourth-order valence-corrected chi connectivity index (χ4v) is 4.18. The molecule has 1 fully saturated rings. The molecule has 1 atom stereocenters. The SMILES string of the molecule is CNC1CCCN(S(=O)(=O)c2ccc(Br)c(C)c2)C1.Cl. The smallest absolute Gasteiger partial charge is 0.243 e. The summed E-state index contributed by atoms with van der Waals surface area (Å²) in [6.07, 6.45) is 1.93. The molecule has 0 bridgehead atoms. The molecule has 1 aliphatic rings.